The molecule has 0 bridgehead atoms. The van der Waals surface area contributed by atoms with Gasteiger partial charge in [-0.2, -0.15) is 4.89 Å². The van der Waals surface area contributed by atoms with Crippen LogP contribution in [0, 0.1) is 0 Å². The number of benzene rings is 1. The molecule has 7 nitrogen and oxygen atoms in total. The predicted molar refractivity (Wildman–Crippen MR) is 78.8 cm³/mol. The van der Waals surface area contributed by atoms with Crippen LogP contribution in [0.4, 0.5) is 0 Å². The van der Waals surface area contributed by atoms with E-state index < -0.39 is 17.7 Å². The van der Waals surface area contributed by atoms with E-state index in [0.29, 0.717) is 0 Å². The maximum absolute atomic E-state index is 11.7. The first-order chi connectivity index (χ1) is 11.0. The van der Waals surface area contributed by atoms with Crippen LogP contribution in [0.15, 0.2) is 55.0 Å². The van der Waals surface area contributed by atoms with E-state index in [-0.39, 0.29) is 24.4 Å². The number of hydrogen-bond donors (Lipinski definition) is 0. The zero-order valence-electron chi connectivity index (χ0n) is 12.5. The lowest BCUT2D eigenvalue weighted by molar-refractivity contribution is -0.255. The minimum atomic E-state index is -0.981. The van der Waals surface area contributed by atoms with Crippen LogP contribution in [-0.2, 0) is 28.8 Å². The zero-order chi connectivity index (χ0) is 17.1. The number of ether oxygens (including phenoxy) is 2. The lowest BCUT2D eigenvalue weighted by atomic mass is 10.1. The van der Waals surface area contributed by atoms with E-state index in [1.54, 1.807) is 18.2 Å². The SMILES string of the molecule is C=C(C)C(=O)O/C=C/OOCCOC(=O)C(=O)c1ccccc1. The molecule has 0 N–H and O–H groups in total. The summed E-state index contributed by atoms with van der Waals surface area (Å²) >= 11 is 0. The molecule has 0 aromatic heterocycles. The molecule has 23 heavy (non-hydrogen) atoms. The van der Waals surface area contributed by atoms with Gasteiger partial charge in [-0.15, -0.1) is 0 Å². The van der Waals surface area contributed by atoms with Crippen molar-refractivity contribution in [1.82, 2.24) is 0 Å². The second kappa shape index (κ2) is 9.91. The fraction of sp³-hybridized carbons (Fsp3) is 0.188. The summed E-state index contributed by atoms with van der Waals surface area (Å²) in [5, 5.41) is 0. The van der Waals surface area contributed by atoms with Crippen molar-refractivity contribution in [3.05, 3.63) is 60.6 Å². The summed E-state index contributed by atoms with van der Waals surface area (Å²) < 4.78 is 9.29. The summed E-state index contributed by atoms with van der Waals surface area (Å²) in [6.45, 7) is 4.61. The van der Waals surface area contributed by atoms with Crippen LogP contribution < -0.4 is 0 Å². The third kappa shape index (κ3) is 7.05. The molecule has 0 spiro atoms. The Bertz CT molecular complexity index is 590. The van der Waals surface area contributed by atoms with Crippen LogP contribution in [0.1, 0.15) is 17.3 Å². The summed E-state index contributed by atoms with van der Waals surface area (Å²) in [7, 11) is 0. The van der Waals surface area contributed by atoms with Crippen molar-refractivity contribution in [2.75, 3.05) is 13.2 Å². The fourth-order valence-electron chi connectivity index (χ4n) is 1.24. The van der Waals surface area contributed by atoms with Gasteiger partial charge >= 0.3 is 11.9 Å². The Morgan fingerprint density at radius 3 is 2.39 bits per heavy atom. The molecule has 0 fully saturated rings. The second-order valence-electron chi connectivity index (χ2n) is 4.21. The van der Waals surface area contributed by atoms with Gasteiger partial charge in [-0.3, -0.25) is 4.79 Å². The van der Waals surface area contributed by atoms with Gasteiger partial charge in [0.2, 0.25) is 0 Å². The first-order valence-electron chi connectivity index (χ1n) is 6.58. The third-order valence-electron chi connectivity index (χ3n) is 2.32. The van der Waals surface area contributed by atoms with Crippen molar-refractivity contribution in [2.45, 2.75) is 6.92 Å². The Morgan fingerprint density at radius 1 is 1.04 bits per heavy atom. The van der Waals surface area contributed by atoms with Crippen LogP contribution in [0.2, 0.25) is 0 Å². The highest BCUT2D eigenvalue weighted by Crippen LogP contribution is 2.01. The van der Waals surface area contributed by atoms with Crippen LogP contribution in [-0.4, -0.2) is 30.9 Å². The molecule has 0 aliphatic heterocycles. The van der Waals surface area contributed by atoms with Gasteiger partial charge in [-0.05, 0) is 6.92 Å². The van der Waals surface area contributed by atoms with Gasteiger partial charge in [-0.25, -0.2) is 9.59 Å². The summed E-state index contributed by atoms with van der Waals surface area (Å²) in [5.41, 5.74) is 0.488. The summed E-state index contributed by atoms with van der Waals surface area (Å²) in [4.78, 5) is 43.2. The van der Waals surface area contributed by atoms with Crippen molar-refractivity contribution in [3.63, 3.8) is 0 Å². The highest BCUT2D eigenvalue weighted by atomic mass is 17.2. The van der Waals surface area contributed by atoms with Gasteiger partial charge in [-0.1, -0.05) is 36.9 Å². The number of ketones is 1. The van der Waals surface area contributed by atoms with E-state index in [1.165, 1.54) is 19.1 Å². The molecular formula is C16H16O7. The van der Waals surface area contributed by atoms with Crippen molar-refractivity contribution in [2.24, 2.45) is 0 Å². The molecule has 0 heterocycles. The molecule has 0 unspecified atom stereocenters. The largest absolute Gasteiger partial charge is 0.457 e. The van der Waals surface area contributed by atoms with Crippen LogP contribution in [0.5, 0.6) is 0 Å². The average molecular weight is 320 g/mol. The predicted octanol–water partition coefficient (Wildman–Crippen LogP) is 1.95. The Labute approximate surface area is 133 Å². The van der Waals surface area contributed by atoms with E-state index >= 15 is 0 Å². The Balaban J connectivity index is 2.14. The van der Waals surface area contributed by atoms with Crippen LogP contribution >= 0.6 is 0 Å². The minimum Gasteiger partial charge on any atom is -0.457 e. The number of rotatable bonds is 9. The van der Waals surface area contributed by atoms with Gasteiger partial charge in [0.05, 0.1) is 0 Å². The molecule has 122 valence electrons. The molecule has 0 aliphatic carbocycles. The fourth-order valence-corrected chi connectivity index (χ4v) is 1.24. The smallest absolute Gasteiger partial charge is 0.379 e. The highest BCUT2D eigenvalue weighted by molar-refractivity contribution is 6.40. The number of Topliss-reactive ketones (excluding diaryl/α,β-unsaturated/α-hetero) is 1. The van der Waals surface area contributed by atoms with E-state index in [0.717, 1.165) is 12.5 Å². The van der Waals surface area contributed by atoms with Crippen molar-refractivity contribution >= 4 is 17.7 Å². The van der Waals surface area contributed by atoms with Gasteiger partial charge in [0.25, 0.3) is 5.78 Å². The standard InChI is InChI=1S/C16H16O7/c1-12(2)15(18)20-8-10-22-23-11-9-21-16(19)14(17)13-6-4-3-5-7-13/h3-8,10H,1,9,11H2,2H3/b10-8+. The number of carbonyl (C=O) groups is 3. The highest BCUT2D eigenvalue weighted by Gasteiger charge is 2.17. The Hall–Kier alpha value is -2.93. The van der Waals surface area contributed by atoms with Crippen molar-refractivity contribution in [1.29, 1.82) is 0 Å². The molecular weight excluding hydrogens is 304 g/mol. The van der Waals surface area contributed by atoms with Gasteiger partial charge < -0.3 is 14.4 Å². The third-order valence-corrected chi connectivity index (χ3v) is 2.32. The molecule has 0 amide bonds. The maximum Gasteiger partial charge on any atom is 0.379 e. The molecule has 1 aromatic carbocycles. The maximum atomic E-state index is 11.7. The summed E-state index contributed by atoms with van der Waals surface area (Å²) in [5.74, 6) is -2.32. The molecule has 1 rings (SSSR count). The minimum absolute atomic E-state index is 0.105. The zero-order valence-corrected chi connectivity index (χ0v) is 12.5. The Kier molecular flexibility index (Phi) is 7.81. The normalized spacial score (nSPS) is 10.1. The lowest BCUT2D eigenvalue weighted by Gasteiger charge is -2.04. The van der Waals surface area contributed by atoms with E-state index in [4.69, 9.17) is 4.74 Å². The van der Waals surface area contributed by atoms with E-state index in [9.17, 15) is 14.4 Å². The molecule has 0 saturated heterocycles. The monoisotopic (exact) mass is 320 g/mol. The number of esters is 2. The van der Waals surface area contributed by atoms with Crippen molar-refractivity contribution < 1.29 is 33.6 Å². The molecule has 7 heteroatoms. The lowest BCUT2D eigenvalue weighted by Crippen LogP contribution is -2.19. The molecule has 0 saturated carbocycles. The summed E-state index contributed by atoms with van der Waals surface area (Å²) in [6.07, 6.45) is 1.96. The van der Waals surface area contributed by atoms with Gasteiger partial charge in [0.15, 0.2) is 6.26 Å². The molecule has 1 aromatic rings. The molecule has 0 atom stereocenters. The summed E-state index contributed by atoms with van der Waals surface area (Å²) in [6, 6.07) is 8.05. The first kappa shape index (κ1) is 18.1. The topological polar surface area (TPSA) is 88.1 Å². The van der Waals surface area contributed by atoms with Crippen molar-refractivity contribution in [3.8, 4) is 0 Å². The number of hydrogen-bond acceptors (Lipinski definition) is 7. The second-order valence-corrected chi connectivity index (χ2v) is 4.21. The van der Waals surface area contributed by atoms with Crippen LogP contribution in [0.3, 0.4) is 0 Å². The van der Waals surface area contributed by atoms with Crippen LogP contribution in [0.25, 0.3) is 0 Å². The number of carbonyl (C=O) groups excluding carboxylic acids is 3. The Morgan fingerprint density at radius 2 is 1.74 bits per heavy atom. The first-order valence-corrected chi connectivity index (χ1v) is 6.58. The van der Waals surface area contributed by atoms with E-state index in [1.807, 2.05) is 0 Å². The molecule has 0 aliphatic rings. The van der Waals surface area contributed by atoms with Gasteiger partial charge in [0, 0.05) is 11.1 Å². The van der Waals surface area contributed by atoms with Gasteiger partial charge in [0.1, 0.15) is 19.5 Å². The quantitative estimate of drug-likeness (QED) is 0.100. The van der Waals surface area contributed by atoms with E-state index in [2.05, 4.69) is 21.1 Å². The molecule has 0 radical (unpaired) electrons. The average Bonchev–Trinajstić information content (AvgIpc) is 2.56.